The van der Waals surface area contributed by atoms with E-state index in [1.807, 2.05) is 13.8 Å². The van der Waals surface area contributed by atoms with Crippen LogP contribution in [0, 0.1) is 0 Å². The van der Waals surface area contributed by atoms with Gasteiger partial charge in [-0.05, 0) is 72.7 Å². The summed E-state index contributed by atoms with van der Waals surface area (Å²) in [5.74, 6) is -0.744. The smallest absolute Gasteiger partial charge is 0.0457 e. The van der Waals surface area contributed by atoms with Gasteiger partial charge in [-0.1, -0.05) is 76.2 Å². The summed E-state index contributed by atoms with van der Waals surface area (Å²) in [5, 5.41) is 0. The van der Waals surface area contributed by atoms with E-state index < -0.39 is 5.89 Å². The molecule has 1 aliphatic carbocycles. The molecule has 0 heterocycles. The SMILES string of the molecule is [2H]C(C)(C)c1c(N(c2ccccc2)C(C)(C)C)ccc2c1-c1ccccc1C2(C)C. The van der Waals surface area contributed by atoms with Crippen LogP contribution in [0.1, 0.15) is 72.4 Å². The minimum atomic E-state index is -0.744. The minimum absolute atomic E-state index is 0.0657. The maximum atomic E-state index is 9.19. The number of rotatable bonds is 3. The van der Waals surface area contributed by atoms with Crippen molar-refractivity contribution in [2.45, 2.75) is 65.3 Å². The Hall–Kier alpha value is -2.54. The van der Waals surface area contributed by atoms with Crippen molar-refractivity contribution < 1.29 is 1.37 Å². The number of anilines is 2. The lowest BCUT2D eigenvalue weighted by atomic mass is 9.81. The van der Waals surface area contributed by atoms with Crippen LogP contribution < -0.4 is 4.90 Å². The fourth-order valence-corrected chi connectivity index (χ4v) is 4.94. The van der Waals surface area contributed by atoms with Gasteiger partial charge in [-0.25, -0.2) is 0 Å². The third-order valence-electron chi connectivity index (χ3n) is 6.15. The molecule has 0 amide bonds. The number of para-hydroxylation sites is 1. The zero-order chi connectivity index (χ0) is 21.9. The summed E-state index contributed by atoms with van der Waals surface area (Å²) >= 11 is 0. The van der Waals surface area contributed by atoms with E-state index in [1.165, 1.54) is 22.3 Å². The van der Waals surface area contributed by atoms with E-state index in [0.29, 0.717) is 0 Å². The molecular formula is C28H33N. The highest BCUT2D eigenvalue weighted by Gasteiger charge is 2.39. The van der Waals surface area contributed by atoms with Crippen molar-refractivity contribution in [3.05, 3.63) is 83.4 Å². The quantitative estimate of drug-likeness (QED) is 0.441. The van der Waals surface area contributed by atoms with Crippen molar-refractivity contribution >= 4 is 11.4 Å². The molecule has 0 spiro atoms. The molecule has 0 unspecified atom stereocenters. The second-order valence-corrected chi connectivity index (χ2v) is 9.89. The molecule has 0 radical (unpaired) electrons. The van der Waals surface area contributed by atoms with Gasteiger partial charge in [0.05, 0.1) is 0 Å². The Bertz CT molecular complexity index is 1080. The maximum Gasteiger partial charge on any atom is 0.0457 e. The fraction of sp³-hybridized carbons (Fsp3) is 0.357. The molecule has 0 aliphatic heterocycles. The average Bonchev–Trinajstić information content (AvgIpc) is 2.88. The highest BCUT2D eigenvalue weighted by atomic mass is 15.2. The summed E-state index contributed by atoms with van der Waals surface area (Å²) in [6.07, 6.45) is 0. The van der Waals surface area contributed by atoms with Crippen LogP contribution in [0.15, 0.2) is 66.7 Å². The molecule has 1 heteroatoms. The summed E-state index contributed by atoms with van der Waals surface area (Å²) in [6.45, 7) is 15.4. The van der Waals surface area contributed by atoms with Gasteiger partial charge in [0.1, 0.15) is 0 Å². The van der Waals surface area contributed by atoms with Gasteiger partial charge in [0.15, 0.2) is 0 Å². The Morgan fingerprint density at radius 1 is 0.828 bits per heavy atom. The summed E-state index contributed by atoms with van der Waals surface area (Å²) in [6, 6.07) is 23.8. The van der Waals surface area contributed by atoms with Crippen molar-refractivity contribution in [2.24, 2.45) is 0 Å². The topological polar surface area (TPSA) is 3.24 Å². The zero-order valence-electron chi connectivity index (χ0n) is 19.8. The molecule has 0 atom stereocenters. The van der Waals surface area contributed by atoms with E-state index in [-0.39, 0.29) is 11.0 Å². The zero-order valence-corrected chi connectivity index (χ0v) is 18.8. The number of fused-ring (bicyclic) bond motifs is 3. The molecule has 0 fully saturated rings. The molecule has 0 aromatic heterocycles. The van der Waals surface area contributed by atoms with Crippen molar-refractivity contribution in [3.8, 4) is 11.1 Å². The lowest BCUT2D eigenvalue weighted by Gasteiger charge is -2.40. The van der Waals surface area contributed by atoms with E-state index in [1.54, 1.807) is 0 Å². The van der Waals surface area contributed by atoms with Crippen molar-refractivity contribution in [3.63, 3.8) is 0 Å². The summed E-state index contributed by atoms with van der Waals surface area (Å²) < 4.78 is 9.19. The van der Waals surface area contributed by atoms with Crippen LogP contribution in [-0.4, -0.2) is 5.54 Å². The molecule has 1 aliphatic rings. The first-order valence-electron chi connectivity index (χ1n) is 11.1. The van der Waals surface area contributed by atoms with Crippen LogP contribution >= 0.6 is 0 Å². The Labute approximate surface area is 177 Å². The Balaban J connectivity index is 2.10. The van der Waals surface area contributed by atoms with Gasteiger partial charge in [0.25, 0.3) is 0 Å². The van der Waals surface area contributed by atoms with Gasteiger partial charge in [0.2, 0.25) is 0 Å². The van der Waals surface area contributed by atoms with E-state index in [4.69, 9.17) is 0 Å². The Kier molecular flexibility index (Phi) is 4.31. The Morgan fingerprint density at radius 2 is 1.45 bits per heavy atom. The second kappa shape index (κ2) is 6.76. The largest absolute Gasteiger partial charge is 0.336 e. The van der Waals surface area contributed by atoms with Gasteiger partial charge in [-0.2, -0.15) is 0 Å². The maximum absolute atomic E-state index is 9.19. The van der Waals surface area contributed by atoms with Crippen LogP contribution in [0.2, 0.25) is 0 Å². The summed E-state index contributed by atoms with van der Waals surface area (Å²) in [7, 11) is 0. The molecule has 4 rings (SSSR count). The number of hydrogen-bond acceptors (Lipinski definition) is 1. The van der Waals surface area contributed by atoms with E-state index in [9.17, 15) is 1.37 Å². The van der Waals surface area contributed by atoms with Crippen LogP contribution in [0.25, 0.3) is 11.1 Å². The second-order valence-electron chi connectivity index (χ2n) is 9.89. The lowest BCUT2D eigenvalue weighted by Crippen LogP contribution is -2.38. The molecule has 0 saturated carbocycles. The highest BCUT2D eigenvalue weighted by Crippen LogP contribution is 2.54. The van der Waals surface area contributed by atoms with Gasteiger partial charge in [-0.3, -0.25) is 0 Å². The molecule has 0 bridgehead atoms. The van der Waals surface area contributed by atoms with E-state index in [2.05, 4.69) is 106 Å². The molecule has 3 aromatic carbocycles. The number of nitrogens with zero attached hydrogens (tertiary/aromatic N) is 1. The van der Waals surface area contributed by atoms with Crippen molar-refractivity contribution in [1.82, 2.24) is 0 Å². The van der Waals surface area contributed by atoms with Gasteiger partial charge in [-0.15, -0.1) is 0 Å². The fourth-order valence-electron chi connectivity index (χ4n) is 4.94. The molecular weight excluding hydrogens is 350 g/mol. The number of benzene rings is 3. The van der Waals surface area contributed by atoms with Crippen LogP contribution in [-0.2, 0) is 5.41 Å². The number of hydrogen-bond donors (Lipinski definition) is 0. The van der Waals surface area contributed by atoms with E-state index >= 15 is 0 Å². The normalized spacial score (nSPS) is 15.5. The molecule has 0 N–H and O–H groups in total. The van der Waals surface area contributed by atoms with Crippen molar-refractivity contribution in [1.29, 1.82) is 0 Å². The first-order chi connectivity index (χ1) is 13.9. The predicted octanol–water partition coefficient (Wildman–Crippen LogP) is 8.05. The van der Waals surface area contributed by atoms with Crippen LogP contribution in [0.5, 0.6) is 0 Å². The van der Waals surface area contributed by atoms with E-state index in [0.717, 1.165) is 16.9 Å². The third kappa shape index (κ3) is 3.08. The molecule has 3 aromatic rings. The molecule has 1 nitrogen and oxygen atoms in total. The predicted molar refractivity (Wildman–Crippen MR) is 126 cm³/mol. The first kappa shape index (κ1) is 18.5. The van der Waals surface area contributed by atoms with Gasteiger partial charge >= 0.3 is 0 Å². The van der Waals surface area contributed by atoms with Gasteiger partial charge < -0.3 is 4.90 Å². The summed E-state index contributed by atoms with van der Waals surface area (Å²) in [5.41, 5.74) is 8.38. The monoisotopic (exact) mass is 384 g/mol. The molecule has 150 valence electrons. The molecule has 0 saturated heterocycles. The average molecular weight is 385 g/mol. The Morgan fingerprint density at radius 3 is 2.07 bits per heavy atom. The molecule has 29 heavy (non-hydrogen) atoms. The minimum Gasteiger partial charge on any atom is -0.336 e. The van der Waals surface area contributed by atoms with Gasteiger partial charge in [0, 0.05) is 23.7 Å². The summed E-state index contributed by atoms with van der Waals surface area (Å²) in [4.78, 5) is 2.40. The first-order valence-corrected chi connectivity index (χ1v) is 10.6. The lowest BCUT2D eigenvalue weighted by molar-refractivity contribution is 0.557. The highest BCUT2D eigenvalue weighted by molar-refractivity contribution is 5.88. The van der Waals surface area contributed by atoms with Crippen LogP contribution in [0.3, 0.4) is 0 Å². The third-order valence-corrected chi connectivity index (χ3v) is 6.15. The van der Waals surface area contributed by atoms with Crippen molar-refractivity contribution in [2.75, 3.05) is 4.90 Å². The van der Waals surface area contributed by atoms with Crippen LogP contribution in [0.4, 0.5) is 11.4 Å². The standard InChI is InChI=1S/C28H33N/c1-19(2)25-24(29(27(3,4)5)20-13-9-8-10-14-20)18-17-23-26(25)21-15-11-12-16-22(21)28(23,6)7/h8-19H,1-7H3/i19D.